The van der Waals surface area contributed by atoms with Crippen LogP contribution in [0.1, 0.15) is 19.8 Å². The Morgan fingerprint density at radius 1 is 1.67 bits per heavy atom. The summed E-state index contributed by atoms with van der Waals surface area (Å²) in [5, 5.41) is 12.5. The first-order chi connectivity index (χ1) is 7.09. The second-order valence-corrected chi connectivity index (χ2v) is 4.10. The van der Waals surface area contributed by atoms with Gasteiger partial charge in [-0.15, -0.1) is 6.42 Å². The number of amides is 1. The summed E-state index contributed by atoms with van der Waals surface area (Å²) in [5.41, 5.74) is -0.568. The average molecular weight is 210 g/mol. The van der Waals surface area contributed by atoms with Crippen LogP contribution in [0, 0.1) is 12.3 Å². The molecule has 0 bridgehead atoms. The van der Waals surface area contributed by atoms with Gasteiger partial charge < -0.3 is 10.4 Å². The van der Waals surface area contributed by atoms with Crippen LogP contribution in [0.3, 0.4) is 0 Å². The van der Waals surface area contributed by atoms with Crippen molar-refractivity contribution in [3.8, 4) is 12.3 Å². The fourth-order valence-electron chi connectivity index (χ4n) is 1.93. The highest BCUT2D eigenvalue weighted by atomic mass is 16.3. The van der Waals surface area contributed by atoms with Crippen LogP contribution in [0.25, 0.3) is 0 Å². The summed E-state index contributed by atoms with van der Waals surface area (Å²) in [7, 11) is 0. The Bertz CT molecular complexity index is 264. The number of hydrogen-bond acceptors (Lipinski definition) is 3. The lowest BCUT2D eigenvalue weighted by Gasteiger charge is -2.46. The lowest BCUT2D eigenvalue weighted by molar-refractivity contribution is -0.133. The van der Waals surface area contributed by atoms with Gasteiger partial charge in [0.15, 0.2) is 0 Å². The van der Waals surface area contributed by atoms with E-state index in [9.17, 15) is 9.90 Å². The highest BCUT2D eigenvalue weighted by Crippen LogP contribution is 2.24. The van der Waals surface area contributed by atoms with Crippen molar-refractivity contribution in [2.75, 3.05) is 26.2 Å². The summed E-state index contributed by atoms with van der Waals surface area (Å²) < 4.78 is 0. The molecule has 0 aromatic rings. The Balaban J connectivity index is 2.17. The number of β-amino-alcohol motifs (C(OH)–C–C–N with tert-alkyl or cyclic N) is 1. The molecular weight excluding hydrogens is 192 g/mol. The fourth-order valence-corrected chi connectivity index (χ4v) is 1.93. The minimum absolute atomic E-state index is 0.0773. The van der Waals surface area contributed by atoms with E-state index in [1.807, 2.05) is 11.8 Å². The smallest absolute Gasteiger partial charge is 0.234 e. The molecule has 4 nitrogen and oxygen atoms in total. The van der Waals surface area contributed by atoms with E-state index in [0.29, 0.717) is 19.6 Å². The molecule has 2 N–H and O–H groups in total. The molecule has 15 heavy (non-hydrogen) atoms. The van der Waals surface area contributed by atoms with Crippen molar-refractivity contribution in [3.05, 3.63) is 0 Å². The Morgan fingerprint density at radius 3 is 2.87 bits per heavy atom. The molecule has 1 heterocycles. The topological polar surface area (TPSA) is 52.6 Å². The number of rotatable bonds is 5. The number of likely N-dealkylation sites (tertiary alicyclic amines) is 1. The van der Waals surface area contributed by atoms with E-state index < -0.39 is 5.60 Å². The molecule has 1 saturated heterocycles. The van der Waals surface area contributed by atoms with Crippen molar-refractivity contribution in [3.63, 3.8) is 0 Å². The molecule has 0 aromatic carbocycles. The van der Waals surface area contributed by atoms with E-state index in [1.165, 1.54) is 0 Å². The molecular formula is C11H18N2O2. The predicted molar refractivity (Wildman–Crippen MR) is 58.1 cm³/mol. The molecule has 0 radical (unpaired) electrons. The molecule has 4 heteroatoms. The van der Waals surface area contributed by atoms with Gasteiger partial charge in [0.1, 0.15) is 0 Å². The molecule has 0 atom stereocenters. The van der Waals surface area contributed by atoms with Crippen LogP contribution in [-0.2, 0) is 4.79 Å². The number of carbonyl (C=O) groups excluding carboxylic acids is 1. The molecule has 1 fully saturated rings. The van der Waals surface area contributed by atoms with Gasteiger partial charge in [-0.05, 0) is 6.42 Å². The molecule has 0 saturated carbocycles. The number of aliphatic hydroxyl groups is 1. The van der Waals surface area contributed by atoms with Crippen LogP contribution in [0.2, 0.25) is 0 Å². The Morgan fingerprint density at radius 2 is 2.33 bits per heavy atom. The minimum atomic E-state index is -0.568. The van der Waals surface area contributed by atoms with E-state index >= 15 is 0 Å². The predicted octanol–water partition coefficient (Wildman–Crippen LogP) is -0.417. The zero-order valence-corrected chi connectivity index (χ0v) is 9.12. The van der Waals surface area contributed by atoms with E-state index in [2.05, 4.69) is 11.2 Å². The molecule has 84 valence electrons. The molecule has 1 amide bonds. The van der Waals surface area contributed by atoms with Gasteiger partial charge in [-0.1, -0.05) is 19.3 Å². The van der Waals surface area contributed by atoms with Gasteiger partial charge in [-0.3, -0.25) is 9.69 Å². The summed E-state index contributed by atoms with van der Waals surface area (Å²) in [6, 6.07) is 0. The molecule has 0 spiro atoms. The van der Waals surface area contributed by atoms with E-state index in [-0.39, 0.29) is 12.5 Å². The number of nitrogens with zero attached hydrogens (tertiary/aromatic N) is 1. The third-order valence-electron chi connectivity index (χ3n) is 2.51. The second kappa shape index (κ2) is 5.15. The van der Waals surface area contributed by atoms with Crippen LogP contribution < -0.4 is 5.32 Å². The van der Waals surface area contributed by atoms with Crippen molar-refractivity contribution >= 4 is 5.91 Å². The summed E-state index contributed by atoms with van der Waals surface area (Å²) in [6.07, 6.45) is 6.79. The van der Waals surface area contributed by atoms with Crippen molar-refractivity contribution < 1.29 is 9.90 Å². The first-order valence-electron chi connectivity index (χ1n) is 5.24. The zero-order chi connectivity index (χ0) is 11.3. The maximum atomic E-state index is 11.2. The van der Waals surface area contributed by atoms with Crippen molar-refractivity contribution in [1.29, 1.82) is 0 Å². The zero-order valence-electron chi connectivity index (χ0n) is 9.12. The number of hydrogen-bond donors (Lipinski definition) is 2. The minimum Gasteiger partial charge on any atom is -0.387 e. The van der Waals surface area contributed by atoms with Gasteiger partial charge in [-0.2, -0.15) is 0 Å². The Hall–Kier alpha value is -1.05. The summed E-state index contributed by atoms with van der Waals surface area (Å²) in [4.78, 5) is 13.2. The quantitative estimate of drug-likeness (QED) is 0.606. The fraction of sp³-hybridized carbons (Fsp3) is 0.727. The van der Waals surface area contributed by atoms with Gasteiger partial charge in [0.2, 0.25) is 5.91 Å². The lowest BCUT2D eigenvalue weighted by atomic mass is 9.89. The monoisotopic (exact) mass is 210 g/mol. The normalized spacial score (nSPS) is 19.0. The van der Waals surface area contributed by atoms with Crippen LogP contribution in [0.15, 0.2) is 0 Å². The average Bonchev–Trinajstić information content (AvgIpc) is 2.12. The maximum absolute atomic E-state index is 11.2. The molecule has 1 rings (SSSR count). The van der Waals surface area contributed by atoms with Crippen molar-refractivity contribution in [2.24, 2.45) is 0 Å². The van der Waals surface area contributed by atoms with Gasteiger partial charge in [0.05, 0.1) is 18.7 Å². The summed E-state index contributed by atoms with van der Waals surface area (Å²) >= 11 is 0. The van der Waals surface area contributed by atoms with E-state index in [1.54, 1.807) is 0 Å². The third kappa shape index (κ3) is 3.54. The Kier molecular flexibility index (Phi) is 4.13. The number of carbonyl (C=O) groups is 1. The van der Waals surface area contributed by atoms with Crippen molar-refractivity contribution in [2.45, 2.75) is 25.4 Å². The van der Waals surface area contributed by atoms with Crippen LogP contribution in [0.4, 0.5) is 0 Å². The number of terminal acetylenes is 1. The standard InChI is InChI=1S/C11H18N2O2/c1-3-5-11(15)8-13(9-11)7-10(14)12-6-4-2/h2,15H,3,5-9H2,1H3,(H,12,14). The second-order valence-electron chi connectivity index (χ2n) is 4.10. The number of nitrogens with one attached hydrogen (secondary N) is 1. The highest BCUT2D eigenvalue weighted by molar-refractivity contribution is 5.78. The van der Waals surface area contributed by atoms with Gasteiger partial charge in [0.25, 0.3) is 0 Å². The van der Waals surface area contributed by atoms with Crippen LogP contribution >= 0.6 is 0 Å². The first-order valence-corrected chi connectivity index (χ1v) is 5.24. The van der Waals surface area contributed by atoms with E-state index in [4.69, 9.17) is 6.42 Å². The van der Waals surface area contributed by atoms with E-state index in [0.717, 1.165) is 12.8 Å². The highest BCUT2D eigenvalue weighted by Gasteiger charge is 2.40. The molecule has 0 aromatic heterocycles. The maximum Gasteiger partial charge on any atom is 0.234 e. The molecule has 0 unspecified atom stereocenters. The third-order valence-corrected chi connectivity index (χ3v) is 2.51. The summed E-state index contributed by atoms with van der Waals surface area (Å²) in [5.74, 6) is 2.27. The SMILES string of the molecule is C#CCNC(=O)CN1CC(O)(CCC)C1. The molecule has 1 aliphatic heterocycles. The molecule has 1 aliphatic rings. The first kappa shape index (κ1) is 12.0. The van der Waals surface area contributed by atoms with Crippen LogP contribution in [-0.4, -0.2) is 47.7 Å². The van der Waals surface area contributed by atoms with Gasteiger partial charge in [0, 0.05) is 13.1 Å². The Labute approximate surface area is 90.6 Å². The van der Waals surface area contributed by atoms with Crippen LogP contribution in [0.5, 0.6) is 0 Å². The van der Waals surface area contributed by atoms with Crippen molar-refractivity contribution in [1.82, 2.24) is 10.2 Å². The molecule has 0 aliphatic carbocycles. The van der Waals surface area contributed by atoms with Gasteiger partial charge >= 0.3 is 0 Å². The largest absolute Gasteiger partial charge is 0.387 e. The summed E-state index contributed by atoms with van der Waals surface area (Å²) in [6.45, 7) is 3.81. The van der Waals surface area contributed by atoms with Gasteiger partial charge in [-0.25, -0.2) is 0 Å². The lowest BCUT2D eigenvalue weighted by Crippen LogP contribution is -2.63.